The fraction of sp³-hybridized carbons (Fsp3) is 0.571. The van der Waals surface area contributed by atoms with Gasteiger partial charge in [-0.25, -0.2) is 0 Å². The monoisotopic (exact) mass is 222 g/mol. The van der Waals surface area contributed by atoms with E-state index in [-0.39, 0.29) is 0 Å². The molecule has 1 N–H and O–H groups in total. The maximum absolute atomic E-state index is 9.80. The summed E-state index contributed by atoms with van der Waals surface area (Å²) in [6.45, 7) is 6.26. The van der Waals surface area contributed by atoms with Crippen LogP contribution >= 0.6 is 0 Å². The van der Waals surface area contributed by atoms with E-state index in [9.17, 15) is 5.11 Å². The van der Waals surface area contributed by atoms with Crippen LogP contribution < -0.4 is 4.74 Å². The fourth-order valence-corrected chi connectivity index (χ4v) is 1.38. The van der Waals surface area contributed by atoms with Crippen LogP contribution in [-0.2, 0) is 6.42 Å². The van der Waals surface area contributed by atoms with Crippen LogP contribution in [0.3, 0.4) is 0 Å². The first-order valence-corrected chi connectivity index (χ1v) is 6.01. The molecule has 0 aromatic heterocycles. The summed E-state index contributed by atoms with van der Waals surface area (Å²) in [5, 5.41) is 9.80. The van der Waals surface area contributed by atoms with Crippen molar-refractivity contribution in [2.24, 2.45) is 0 Å². The smallest absolute Gasteiger partial charge is 0.119 e. The first-order valence-electron chi connectivity index (χ1n) is 6.01. The van der Waals surface area contributed by atoms with E-state index >= 15 is 0 Å². The van der Waals surface area contributed by atoms with Gasteiger partial charge in [-0.15, -0.1) is 0 Å². The lowest BCUT2D eigenvalue weighted by Crippen LogP contribution is -2.31. The standard InChI is InChI=1S/C14H22O2/c1-4-6-12-7-9-13(10-8-12)16-11-14(3,15)5-2/h7-10,15H,4-6,11H2,1-3H3. The summed E-state index contributed by atoms with van der Waals surface area (Å²) in [6.07, 6.45) is 2.96. The van der Waals surface area contributed by atoms with Crippen molar-refractivity contribution in [3.8, 4) is 5.75 Å². The van der Waals surface area contributed by atoms with Crippen molar-refractivity contribution in [3.63, 3.8) is 0 Å². The van der Waals surface area contributed by atoms with Crippen molar-refractivity contribution in [2.75, 3.05) is 6.61 Å². The van der Waals surface area contributed by atoms with E-state index in [1.807, 2.05) is 19.1 Å². The molecule has 0 spiro atoms. The molecule has 0 saturated heterocycles. The Kier molecular flexibility index (Phi) is 4.81. The van der Waals surface area contributed by atoms with Crippen LogP contribution in [0.5, 0.6) is 5.75 Å². The number of aliphatic hydroxyl groups is 1. The third-order valence-corrected chi connectivity index (χ3v) is 2.77. The molecular formula is C14H22O2. The van der Waals surface area contributed by atoms with Crippen molar-refractivity contribution in [3.05, 3.63) is 29.8 Å². The maximum Gasteiger partial charge on any atom is 0.119 e. The number of aryl methyl sites for hydroxylation is 1. The lowest BCUT2D eigenvalue weighted by Gasteiger charge is -2.21. The number of rotatable bonds is 6. The molecule has 1 atom stereocenters. The Morgan fingerprint density at radius 2 is 1.81 bits per heavy atom. The van der Waals surface area contributed by atoms with E-state index in [4.69, 9.17) is 4.74 Å². The summed E-state index contributed by atoms with van der Waals surface area (Å²) in [5.41, 5.74) is 0.597. The molecule has 1 unspecified atom stereocenters. The van der Waals surface area contributed by atoms with Gasteiger partial charge in [-0.2, -0.15) is 0 Å². The van der Waals surface area contributed by atoms with Crippen molar-refractivity contribution in [1.82, 2.24) is 0 Å². The van der Waals surface area contributed by atoms with Crippen LogP contribution in [0.2, 0.25) is 0 Å². The minimum atomic E-state index is -0.734. The Balaban J connectivity index is 2.49. The van der Waals surface area contributed by atoms with Gasteiger partial charge in [-0.3, -0.25) is 0 Å². The summed E-state index contributed by atoms with van der Waals surface area (Å²) in [6, 6.07) is 8.10. The van der Waals surface area contributed by atoms with Crippen molar-refractivity contribution >= 4 is 0 Å². The molecule has 0 aliphatic heterocycles. The highest BCUT2D eigenvalue weighted by Crippen LogP contribution is 2.16. The first kappa shape index (κ1) is 13.0. The Morgan fingerprint density at radius 3 is 2.31 bits per heavy atom. The van der Waals surface area contributed by atoms with Gasteiger partial charge in [0, 0.05) is 0 Å². The molecule has 1 aromatic rings. The van der Waals surface area contributed by atoms with E-state index in [1.54, 1.807) is 6.92 Å². The molecule has 90 valence electrons. The van der Waals surface area contributed by atoms with Crippen LogP contribution in [0, 0.1) is 0 Å². The molecule has 0 aliphatic rings. The minimum absolute atomic E-state index is 0.344. The second-order valence-electron chi connectivity index (χ2n) is 4.53. The van der Waals surface area contributed by atoms with Gasteiger partial charge in [-0.1, -0.05) is 32.4 Å². The summed E-state index contributed by atoms with van der Waals surface area (Å²) >= 11 is 0. The predicted octanol–water partition coefficient (Wildman–Crippen LogP) is 3.18. The Labute approximate surface area is 98.3 Å². The zero-order chi connectivity index (χ0) is 12.0. The zero-order valence-electron chi connectivity index (χ0n) is 10.5. The summed E-state index contributed by atoms with van der Waals surface area (Å²) in [7, 11) is 0. The Bertz CT molecular complexity index is 301. The van der Waals surface area contributed by atoms with E-state index in [0.29, 0.717) is 13.0 Å². The van der Waals surface area contributed by atoms with Crippen LogP contribution in [0.15, 0.2) is 24.3 Å². The summed E-state index contributed by atoms with van der Waals surface area (Å²) in [4.78, 5) is 0. The molecule has 0 fully saturated rings. The van der Waals surface area contributed by atoms with Crippen LogP contribution in [-0.4, -0.2) is 17.3 Å². The van der Waals surface area contributed by atoms with Gasteiger partial charge < -0.3 is 9.84 Å². The normalized spacial score (nSPS) is 14.5. The number of hydrogen-bond donors (Lipinski definition) is 1. The van der Waals surface area contributed by atoms with Crippen LogP contribution in [0.4, 0.5) is 0 Å². The third-order valence-electron chi connectivity index (χ3n) is 2.77. The second-order valence-corrected chi connectivity index (χ2v) is 4.53. The van der Waals surface area contributed by atoms with Gasteiger partial charge in [0.15, 0.2) is 0 Å². The van der Waals surface area contributed by atoms with Gasteiger partial charge in [0.05, 0.1) is 5.60 Å². The number of ether oxygens (including phenoxy) is 1. The topological polar surface area (TPSA) is 29.5 Å². The highest BCUT2D eigenvalue weighted by Gasteiger charge is 2.18. The third kappa shape index (κ3) is 4.23. The van der Waals surface area contributed by atoms with E-state index in [2.05, 4.69) is 19.1 Å². The Morgan fingerprint density at radius 1 is 1.19 bits per heavy atom. The lowest BCUT2D eigenvalue weighted by molar-refractivity contribution is 0.00846. The molecule has 2 heteroatoms. The average molecular weight is 222 g/mol. The molecule has 0 heterocycles. The molecule has 0 aliphatic carbocycles. The number of benzene rings is 1. The minimum Gasteiger partial charge on any atom is -0.491 e. The molecule has 0 bridgehead atoms. The summed E-state index contributed by atoms with van der Waals surface area (Å²) in [5.74, 6) is 0.827. The molecule has 0 saturated carbocycles. The zero-order valence-corrected chi connectivity index (χ0v) is 10.5. The number of hydrogen-bond acceptors (Lipinski definition) is 2. The van der Waals surface area contributed by atoms with Crippen LogP contribution in [0.25, 0.3) is 0 Å². The fourth-order valence-electron chi connectivity index (χ4n) is 1.38. The largest absolute Gasteiger partial charge is 0.491 e. The second kappa shape index (κ2) is 5.90. The average Bonchev–Trinajstić information content (AvgIpc) is 2.29. The van der Waals surface area contributed by atoms with Gasteiger partial charge in [0.25, 0.3) is 0 Å². The maximum atomic E-state index is 9.80. The van der Waals surface area contributed by atoms with Crippen LogP contribution in [0.1, 0.15) is 39.2 Å². The quantitative estimate of drug-likeness (QED) is 0.801. The van der Waals surface area contributed by atoms with E-state index in [1.165, 1.54) is 5.56 Å². The van der Waals surface area contributed by atoms with Gasteiger partial charge in [0.2, 0.25) is 0 Å². The van der Waals surface area contributed by atoms with E-state index in [0.717, 1.165) is 18.6 Å². The molecular weight excluding hydrogens is 200 g/mol. The van der Waals surface area contributed by atoms with Crippen molar-refractivity contribution in [1.29, 1.82) is 0 Å². The summed E-state index contributed by atoms with van der Waals surface area (Å²) < 4.78 is 5.54. The first-order chi connectivity index (χ1) is 7.57. The molecule has 0 amide bonds. The molecule has 1 aromatic carbocycles. The molecule has 16 heavy (non-hydrogen) atoms. The van der Waals surface area contributed by atoms with Gasteiger partial charge >= 0.3 is 0 Å². The highest BCUT2D eigenvalue weighted by molar-refractivity contribution is 5.27. The Hall–Kier alpha value is -1.02. The highest BCUT2D eigenvalue weighted by atomic mass is 16.5. The van der Waals surface area contributed by atoms with Gasteiger partial charge in [-0.05, 0) is 37.5 Å². The van der Waals surface area contributed by atoms with Crippen molar-refractivity contribution in [2.45, 2.75) is 45.6 Å². The van der Waals surface area contributed by atoms with Gasteiger partial charge in [0.1, 0.15) is 12.4 Å². The van der Waals surface area contributed by atoms with E-state index < -0.39 is 5.60 Å². The SMILES string of the molecule is CCCc1ccc(OCC(C)(O)CC)cc1. The van der Waals surface area contributed by atoms with Crippen molar-refractivity contribution < 1.29 is 9.84 Å². The molecule has 2 nitrogen and oxygen atoms in total. The molecule has 0 radical (unpaired) electrons. The lowest BCUT2D eigenvalue weighted by atomic mass is 10.1. The predicted molar refractivity (Wildman–Crippen MR) is 66.8 cm³/mol. The molecule has 1 rings (SSSR count).